The molecule has 140 valence electrons. The fraction of sp³-hybridized carbons (Fsp3) is 0.824. The molecule has 4 N–H and O–H groups in total. The molecule has 0 fully saturated rings. The molecule has 1 aliphatic rings. The summed E-state index contributed by atoms with van der Waals surface area (Å²) in [5.41, 5.74) is 1.15. The van der Waals surface area contributed by atoms with E-state index in [0.717, 1.165) is 25.0 Å². The van der Waals surface area contributed by atoms with E-state index in [0.29, 0.717) is 6.42 Å². The van der Waals surface area contributed by atoms with Gasteiger partial charge in [0.1, 0.15) is 6.10 Å². The molecule has 0 aliphatic carbocycles. The standard InChI is InChI=1S/C14H24N2O2.C3H8O3/c17-14(18)11-9-7-5-3-1-2-4-6-8-10-13-12-15-16-13;4-1-3(6)2-5/h12H,1-11H2,(H,17,18);3-6H,1-2H2. The SMILES string of the molecule is O=C(O)CCCCCCCCCCCC1=CN=N1.OCC(O)CO. The van der Waals surface area contributed by atoms with Gasteiger partial charge in [0.2, 0.25) is 0 Å². The van der Waals surface area contributed by atoms with Crippen LogP contribution in [-0.4, -0.2) is 45.7 Å². The number of nitrogens with zero attached hydrogens (tertiary/aromatic N) is 2. The number of rotatable bonds is 14. The number of aliphatic hydroxyl groups excluding tert-OH is 3. The van der Waals surface area contributed by atoms with Crippen LogP contribution in [0.3, 0.4) is 0 Å². The lowest BCUT2D eigenvalue weighted by Gasteiger charge is -2.04. The molecule has 7 heteroatoms. The minimum absolute atomic E-state index is 0.327. The first kappa shape index (κ1) is 22.7. The number of allylic oxidation sites excluding steroid dienone is 1. The van der Waals surface area contributed by atoms with Crippen LogP contribution in [0.15, 0.2) is 22.1 Å². The van der Waals surface area contributed by atoms with Gasteiger partial charge in [-0.2, -0.15) is 10.2 Å². The van der Waals surface area contributed by atoms with Crippen LogP contribution in [0.1, 0.15) is 70.6 Å². The number of hydrogen-bond donors (Lipinski definition) is 4. The van der Waals surface area contributed by atoms with Gasteiger partial charge < -0.3 is 20.4 Å². The maximum Gasteiger partial charge on any atom is 0.303 e. The molecule has 0 unspecified atom stereocenters. The first-order valence-corrected chi connectivity index (χ1v) is 8.81. The predicted molar refractivity (Wildman–Crippen MR) is 91.5 cm³/mol. The third kappa shape index (κ3) is 15.6. The van der Waals surface area contributed by atoms with E-state index in [1.54, 1.807) is 0 Å². The summed E-state index contributed by atoms with van der Waals surface area (Å²) in [7, 11) is 0. The smallest absolute Gasteiger partial charge is 0.303 e. The lowest BCUT2D eigenvalue weighted by atomic mass is 10.1. The zero-order valence-electron chi connectivity index (χ0n) is 14.4. The molecule has 0 amide bonds. The van der Waals surface area contributed by atoms with Crippen molar-refractivity contribution < 1.29 is 25.2 Å². The summed E-state index contributed by atoms with van der Waals surface area (Å²) < 4.78 is 0. The topological polar surface area (TPSA) is 123 Å². The first-order valence-electron chi connectivity index (χ1n) is 8.81. The van der Waals surface area contributed by atoms with Crippen molar-refractivity contribution in [3.8, 4) is 0 Å². The third-order valence-corrected chi connectivity index (χ3v) is 3.64. The van der Waals surface area contributed by atoms with Gasteiger partial charge in [0.15, 0.2) is 0 Å². The Morgan fingerprint density at radius 3 is 1.71 bits per heavy atom. The fourth-order valence-corrected chi connectivity index (χ4v) is 2.13. The first-order chi connectivity index (χ1) is 11.6. The summed E-state index contributed by atoms with van der Waals surface area (Å²) in [6.07, 6.45) is 13.0. The number of carboxylic acid groups (broad SMARTS) is 1. The van der Waals surface area contributed by atoms with Crippen molar-refractivity contribution in [1.82, 2.24) is 0 Å². The van der Waals surface area contributed by atoms with Gasteiger partial charge in [-0.05, 0) is 19.3 Å². The minimum atomic E-state index is -0.954. The van der Waals surface area contributed by atoms with Crippen molar-refractivity contribution in [2.75, 3.05) is 13.2 Å². The molecule has 24 heavy (non-hydrogen) atoms. The van der Waals surface area contributed by atoms with Gasteiger partial charge in [0.05, 0.1) is 25.1 Å². The lowest BCUT2D eigenvalue weighted by Crippen LogP contribution is -2.15. The van der Waals surface area contributed by atoms with Gasteiger partial charge >= 0.3 is 5.97 Å². The summed E-state index contributed by atoms with van der Waals surface area (Å²) in [5.74, 6) is -0.670. The molecule has 0 aromatic carbocycles. The molecule has 0 aromatic rings. The summed E-state index contributed by atoms with van der Waals surface area (Å²) in [6.45, 7) is -0.729. The molecule has 1 aliphatic heterocycles. The predicted octanol–water partition coefficient (Wildman–Crippen LogP) is 3.00. The van der Waals surface area contributed by atoms with Crippen molar-refractivity contribution in [2.45, 2.75) is 76.7 Å². The van der Waals surface area contributed by atoms with E-state index in [1.165, 1.54) is 44.9 Å². The number of aliphatic carboxylic acids is 1. The maximum atomic E-state index is 10.3. The fourth-order valence-electron chi connectivity index (χ4n) is 2.13. The Labute approximate surface area is 144 Å². The van der Waals surface area contributed by atoms with Gasteiger partial charge in [0, 0.05) is 6.42 Å². The van der Waals surface area contributed by atoms with E-state index in [2.05, 4.69) is 10.2 Å². The molecule has 0 saturated carbocycles. The van der Waals surface area contributed by atoms with Gasteiger partial charge in [-0.1, -0.05) is 44.9 Å². The molecule has 0 spiro atoms. The van der Waals surface area contributed by atoms with Crippen molar-refractivity contribution in [1.29, 1.82) is 0 Å². The number of carboxylic acids is 1. The summed E-state index contributed by atoms with van der Waals surface area (Å²) in [5, 5.41) is 40.1. The highest BCUT2D eigenvalue weighted by Crippen LogP contribution is 2.18. The van der Waals surface area contributed by atoms with E-state index in [-0.39, 0.29) is 13.2 Å². The van der Waals surface area contributed by atoms with Crippen LogP contribution in [0.4, 0.5) is 0 Å². The van der Waals surface area contributed by atoms with Gasteiger partial charge in [-0.3, -0.25) is 4.79 Å². The van der Waals surface area contributed by atoms with Crippen molar-refractivity contribution in [3.05, 3.63) is 11.9 Å². The summed E-state index contributed by atoms with van der Waals surface area (Å²) >= 11 is 0. The van der Waals surface area contributed by atoms with Crippen LogP contribution >= 0.6 is 0 Å². The Morgan fingerprint density at radius 2 is 1.38 bits per heavy atom. The van der Waals surface area contributed by atoms with Gasteiger partial charge in [-0.15, -0.1) is 0 Å². The summed E-state index contributed by atoms with van der Waals surface area (Å²) in [6, 6.07) is 0. The molecule has 7 nitrogen and oxygen atoms in total. The van der Waals surface area contributed by atoms with Crippen LogP contribution in [0, 0.1) is 0 Å². The Balaban J connectivity index is 0.000000754. The van der Waals surface area contributed by atoms with Crippen LogP contribution < -0.4 is 0 Å². The van der Waals surface area contributed by atoms with Crippen molar-refractivity contribution >= 4 is 5.97 Å². The monoisotopic (exact) mass is 344 g/mol. The van der Waals surface area contributed by atoms with Gasteiger partial charge in [0.25, 0.3) is 0 Å². The second-order valence-electron chi connectivity index (χ2n) is 5.93. The van der Waals surface area contributed by atoms with E-state index in [1.807, 2.05) is 6.20 Å². The molecule has 0 aromatic heterocycles. The van der Waals surface area contributed by atoms with Crippen molar-refractivity contribution in [3.63, 3.8) is 0 Å². The molecule has 0 saturated heterocycles. The summed E-state index contributed by atoms with van der Waals surface area (Å²) in [4.78, 5) is 10.3. The van der Waals surface area contributed by atoms with Gasteiger partial charge in [-0.25, -0.2) is 0 Å². The quantitative estimate of drug-likeness (QED) is 0.361. The zero-order chi connectivity index (χ0) is 18.0. The normalized spacial score (nSPS) is 12.4. The number of azo groups is 1. The molecule has 0 radical (unpaired) electrons. The van der Waals surface area contributed by atoms with Crippen molar-refractivity contribution in [2.24, 2.45) is 10.2 Å². The second kappa shape index (κ2) is 16.5. The highest BCUT2D eigenvalue weighted by Gasteiger charge is 2.01. The number of hydrogen-bond acceptors (Lipinski definition) is 6. The number of aliphatic hydroxyl groups is 3. The molecular weight excluding hydrogens is 312 g/mol. The molecule has 1 rings (SSSR count). The molecule has 1 heterocycles. The molecular formula is C17H32N2O5. The van der Waals surface area contributed by atoms with Crippen LogP contribution in [0.25, 0.3) is 0 Å². The van der Waals surface area contributed by atoms with E-state index >= 15 is 0 Å². The highest BCUT2D eigenvalue weighted by atomic mass is 16.4. The van der Waals surface area contributed by atoms with Crippen LogP contribution in [0.2, 0.25) is 0 Å². The minimum Gasteiger partial charge on any atom is -0.481 e. The average molecular weight is 344 g/mol. The largest absolute Gasteiger partial charge is 0.481 e. The maximum absolute atomic E-state index is 10.3. The lowest BCUT2D eigenvalue weighted by molar-refractivity contribution is -0.137. The Morgan fingerprint density at radius 1 is 0.917 bits per heavy atom. The Hall–Kier alpha value is -1.31. The van der Waals surface area contributed by atoms with E-state index < -0.39 is 12.1 Å². The van der Waals surface area contributed by atoms with E-state index in [9.17, 15) is 4.79 Å². The van der Waals surface area contributed by atoms with E-state index in [4.69, 9.17) is 20.4 Å². The molecule has 0 atom stereocenters. The van der Waals surface area contributed by atoms with Crippen LogP contribution in [-0.2, 0) is 4.79 Å². The molecule has 0 bridgehead atoms. The highest BCUT2D eigenvalue weighted by molar-refractivity contribution is 5.66. The second-order valence-corrected chi connectivity index (χ2v) is 5.93. The van der Waals surface area contributed by atoms with Crippen LogP contribution in [0.5, 0.6) is 0 Å². The number of unbranched alkanes of at least 4 members (excludes halogenated alkanes) is 8. The average Bonchev–Trinajstić information content (AvgIpc) is 2.53. The zero-order valence-corrected chi connectivity index (χ0v) is 14.4. The number of carbonyl (C=O) groups is 1. The Bertz CT molecular complexity index is 368. The Kier molecular flexibility index (Phi) is 15.6. The third-order valence-electron chi connectivity index (χ3n) is 3.64.